The average molecular weight is 449 g/mol. The van der Waals surface area contributed by atoms with Crippen molar-refractivity contribution in [3.63, 3.8) is 0 Å². The zero-order valence-electron chi connectivity index (χ0n) is 19.4. The average Bonchev–Trinajstić information content (AvgIpc) is 3.22. The monoisotopic (exact) mass is 448 g/mol. The molecule has 4 rings (SSSR count). The van der Waals surface area contributed by atoms with Gasteiger partial charge in [0.1, 0.15) is 6.04 Å². The highest BCUT2D eigenvalue weighted by atomic mass is 16.5. The molecule has 2 heterocycles. The Hall–Kier alpha value is -3.88. The number of ether oxygens (including phenoxy) is 2. The third-order valence-corrected chi connectivity index (χ3v) is 5.18. The summed E-state index contributed by atoms with van der Waals surface area (Å²) in [5.74, 6) is 1.48. The van der Waals surface area contributed by atoms with E-state index in [2.05, 4.69) is 26.2 Å². The molecule has 9 heteroatoms. The number of tetrazole rings is 1. The van der Waals surface area contributed by atoms with Crippen molar-refractivity contribution in [2.75, 3.05) is 17.2 Å². The van der Waals surface area contributed by atoms with Gasteiger partial charge in [0, 0.05) is 11.4 Å². The molecule has 2 N–H and O–H groups in total. The van der Waals surface area contributed by atoms with Crippen LogP contribution in [0.3, 0.4) is 0 Å². The SMILES string of the molecule is CCOc1cc(C2C(C(=O)Nc3cccc(C)c3)=C(C)Nc3nnnn32)ccc1OC(C)C. The minimum atomic E-state index is -0.548. The van der Waals surface area contributed by atoms with Crippen LogP contribution in [0.2, 0.25) is 0 Å². The van der Waals surface area contributed by atoms with Gasteiger partial charge in [0.2, 0.25) is 5.95 Å². The molecule has 0 spiro atoms. The fourth-order valence-corrected chi connectivity index (χ4v) is 3.85. The molecular formula is C24H28N6O3. The zero-order chi connectivity index (χ0) is 23.5. The van der Waals surface area contributed by atoms with E-state index in [4.69, 9.17) is 9.47 Å². The van der Waals surface area contributed by atoms with E-state index in [0.29, 0.717) is 35.3 Å². The Labute approximate surface area is 192 Å². The van der Waals surface area contributed by atoms with Gasteiger partial charge in [0.05, 0.1) is 18.3 Å². The predicted molar refractivity (Wildman–Crippen MR) is 125 cm³/mol. The third-order valence-electron chi connectivity index (χ3n) is 5.18. The molecular weight excluding hydrogens is 420 g/mol. The maximum Gasteiger partial charge on any atom is 0.255 e. The topological polar surface area (TPSA) is 103 Å². The molecule has 33 heavy (non-hydrogen) atoms. The molecule has 2 aromatic carbocycles. The first-order valence-corrected chi connectivity index (χ1v) is 10.9. The molecule has 1 atom stereocenters. The summed E-state index contributed by atoms with van der Waals surface area (Å²) in [6.45, 7) is 10.1. The lowest BCUT2D eigenvalue weighted by molar-refractivity contribution is -0.113. The van der Waals surface area contributed by atoms with Gasteiger partial charge in [-0.1, -0.05) is 23.3 Å². The number of carbonyl (C=O) groups is 1. The fraction of sp³-hybridized carbons (Fsp3) is 0.333. The molecule has 9 nitrogen and oxygen atoms in total. The summed E-state index contributed by atoms with van der Waals surface area (Å²) in [4.78, 5) is 13.5. The van der Waals surface area contributed by atoms with Gasteiger partial charge in [-0.05, 0) is 80.4 Å². The molecule has 1 aliphatic rings. The van der Waals surface area contributed by atoms with Crippen LogP contribution in [-0.4, -0.2) is 38.8 Å². The summed E-state index contributed by atoms with van der Waals surface area (Å²) < 4.78 is 13.4. The molecule has 0 fully saturated rings. The van der Waals surface area contributed by atoms with Crippen LogP contribution < -0.4 is 20.1 Å². The lowest BCUT2D eigenvalue weighted by Crippen LogP contribution is -2.31. The van der Waals surface area contributed by atoms with Gasteiger partial charge >= 0.3 is 0 Å². The molecule has 1 amide bonds. The number of anilines is 2. The van der Waals surface area contributed by atoms with Crippen molar-refractivity contribution in [1.82, 2.24) is 20.2 Å². The molecule has 0 saturated heterocycles. The molecule has 0 saturated carbocycles. The molecule has 172 valence electrons. The number of rotatable bonds is 7. The van der Waals surface area contributed by atoms with Gasteiger partial charge in [0.25, 0.3) is 5.91 Å². The standard InChI is InChI=1S/C24H28N6O3/c1-6-32-20-13-17(10-11-19(20)33-14(2)3)22-21(16(5)25-24-27-28-29-30(22)24)23(31)26-18-9-7-8-15(4)12-18/h7-14,22H,6H2,1-5H3,(H,26,31)(H,25,27,29). The van der Waals surface area contributed by atoms with Crippen molar-refractivity contribution in [3.05, 3.63) is 64.9 Å². The van der Waals surface area contributed by atoms with Crippen LogP contribution in [0.5, 0.6) is 11.5 Å². The van der Waals surface area contributed by atoms with Crippen molar-refractivity contribution in [2.24, 2.45) is 0 Å². The second-order valence-corrected chi connectivity index (χ2v) is 8.14. The summed E-state index contributed by atoms with van der Waals surface area (Å²) in [5.41, 5.74) is 3.77. The molecule has 0 aliphatic carbocycles. The van der Waals surface area contributed by atoms with E-state index in [-0.39, 0.29) is 12.0 Å². The number of aryl methyl sites for hydroxylation is 1. The number of allylic oxidation sites excluding steroid dienone is 1. The smallest absolute Gasteiger partial charge is 0.255 e. The first-order valence-electron chi connectivity index (χ1n) is 10.9. The second-order valence-electron chi connectivity index (χ2n) is 8.14. The van der Waals surface area contributed by atoms with E-state index in [0.717, 1.165) is 16.8 Å². The van der Waals surface area contributed by atoms with Gasteiger partial charge in [-0.2, -0.15) is 4.68 Å². The maximum atomic E-state index is 13.5. The van der Waals surface area contributed by atoms with E-state index in [1.54, 1.807) is 4.68 Å². The van der Waals surface area contributed by atoms with Crippen LogP contribution in [0, 0.1) is 6.92 Å². The highest BCUT2D eigenvalue weighted by Gasteiger charge is 2.34. The van der Waals surface area contributed by atoms with Crippen molar-refractivity contribution in [1.29, 1.82) is 0 Å². The van der Waals surface area contributed by atoms with Crippen LogP contribution in [0.4, 0.5) is 11.6 Å². The highest BCUT2D eigenvalue weighted by molar-refractivity contribution is 6.06. The fourth-order valence-electron chi connectivity index (χ4n) is 3.85. The van der Waals surface area contributed by atoms with Crippen LogP contribution in [0.1, 0.15) is 44.9 Å². The van der Waals surface area contributed by atoms with E-state index in [1.807, 2.05) is 77.1 Å². The number of fused-ring (bicyclic) bond motifs is 1. The van der Waals surface area contributed by atoms with Crippen LogP contribution in [0.25, 0.3) is 0 Å². The Morgan fingerprint density at radius 3 is 2.73 bits per heavy atom. The lowest BCUT2D eigenvalue weighted by atomic mass is 9.94. The molecule has 1 aliphatic heterocycles. The first kappa shape index (κ1) is 22.3. The minimum absolute atomic E-state index is 0.00198. The molecule has 1 unspecified atom stereocenters. The Morgan fingerprint density at radius 1 is 1.18 bits per heavy atom. The lowest BCUT2D eigenvalue weighted by Gasteiger charge is -2.28. The van der Waals surface area contributed by atoms with Gasteiger partial charge in [-0.25, -0.2) is 0 Å². The largest absolute Gasteiger partial charge is 0.490 e. The van der Waals surface area contributed by atoms with Crippen LogP contribution >= 0.6 is 0 Å². The summed E-state index contributed by atoms with van der Waals surface area (Å²) in [6.07, 6.45) is -0.00198. The Kier molecular flexibility index (Phi) is 6.30. The number of hydrogen-bond acceptors (Lipinski definition) is 7. The molecule has 0 radical (unpaired) electrons. The van der Waals surface area contributed by atoms with Gasteiger partial charge in [-0.3, -0.25) is 4.79 Å². The molecule has 0 bridgehead atoms. The van der Waals surface area contributed by atoms with Crippen LogP contribution in [-0.2, 0) is 4.79 Å². The Morgan fingerprint density at radius 2 is 2.00 bits per heavy atom. The van der Waals surface area contributed by atoms with Crippen molar-refractivity contribution in [2.45, 2.75) is 46.8 Å². The van der Waals surface area contributed by atoms with Gasteiger partial charge in [-0.15, -0.1) is 0 Å². The van der Waals surface area contributed by atoms with Crippen molar-refractivity contribution >= 4 is 17.5 Å². The quantitative estimate of drug-likeness (QED) is 0.561. The second kappa shape index (κ2) is 9.32. The molecule has 1 aromatic heterocycles. The van der Waals surface area contributed by atoms with E-state index >= 15 is 0 Å². The summed E-state index contributed by atoms with van der Waals surface area (Å²) in [5, 5.41) is 18.2. The number of hydrogen-bond donors (Lipinski definition) is 2. The number of aromatic nitrogens is 4. The summed E-state index contributed by atoms with van der Waals surface area (Å²) in [7, 11) is 0. The maximum absolute atomic E-state index is 13.5. The number of benzene rings is 2. The number of nitrogens with one attached hydrogen (secondary N) is 2. The normalized spacial score (nSPS) is 15.2. The minimum Gasteiger partial charge on any atom is -0.490 e. The van der Waals surface area contributed by atoms with Crippen molar-refractivity contribution in [3.8, 4) is 11.5 Å². The zero-order valence-corrected chi connectivity index (χ0v) is 19.4. The third kappa shape index (κ3) is 4.67. The summed E-state index contributed by atoms with van der Waals surface area (Å²) >= 11 is 0. The number of carbonyl (C=O) groups excluding carboxylic acids is 1. The van der Waals surface area contributed by atoms with E-state index in [9.17, 15) is 4.79 Å². The first-order chi connectivity index (χ1) is 15.9. The van der Waals surface area contributed by atoms with Gasteiger partial charge in [0.15, 0.2) is 11.5 Å². The Bertz CT molecular complexity index is 1200. The number of nitrogens with zero attached hydrogens (tertiary/aromatic N) is 4. The Balaban J connectivity index is 1.77. The van der Waals surface area contributed by atoms with Gasteiger partial charge < -0.3 is 20.1 Å². The van der Waals surface area contributed by atoms with E-state index < -0.39 is 6.04 Å². The van der Waals surface area contributed by atoms with Crippen LogP contribution in [0.15, 0.2) is 53.7 Å². The highest BCUT2D eigenvalue weighted by Crippen LogP contribution is 2.39. The number of amides is 1. The predicted octanol–water partition coefficient (Wildman–Crippen LogP) is 4.10. The van der Waals surface area contributed by atoms with Crippen molar-refractivity contribution < 1.29 is 14.3 Å². The molecule has 3 aromatic rings. The summed E-state index contributed by atoms with van der Waals surface area (Å²) in [6, 6.07) is 12.8. The van der Waals surface area contributed by atoms with E-state index in [1.165, 1.54) is 0 Å².